The molecule has 2 aromatic carbocycles. The highest BCUT2D eigenvalue weighted by molar-refractivity contribution is 5.34. The first-order valence-electron chi connectivity index (χ1n) is 10.1. The molecule has 0 saturated heterocycles. The number of rotatable bonds is 8. The molecule has 35 heavy (non-hydrogen) atoms. The van der Waals surface area contributed by atoms with Crippen molar-refractivity contribution < 1.29 is 27.4 Å². The van der Waals surface area contributed by atoms with Crippen LogP contribution in [0.2, 0.25) is 0 Å². The van der Waals surface area contributed by atoms with Gasteiger partial charge in [-0.25, -0.2) is 13.5 Å². The lowest BCUT2D eigenvalue weighted by atomic mass is 9.84. The molecular formula is C23H16F4N6O2. The summed E-state index contributed by atoms with van der Waals surface area (Å²) in [6, 6.07) is 12.7. The number of tetrazole rings is 1. The van der Waals surface area contributed by atoms with Gasteiger partial charge in [0.05, 0.1) is 24.4 Å². The van der Waals surface area contributed by atoms with Crippen LogP contribution >= 0.6 is 0 Å². The first kappa shape index (κ1) is 23.8. The van der Waals surface area contributed by atoms with Crippen LogP contribution in [0.1, 0.15) is 22.4 Å². The van der Waals surface area contributed by atoms with Gasteiger partial charge in [0, 0.05) is 11.6 Å². The lowest BCUT2D eigenvalue weighted by Gasteiger charge is -2.35. The maximum atomic E-state index is 15.7. The fourth-order valence-corrected chi connectivity index (χ4v) is 3.43. The minimum atomic E-state index is -4.17. The summed E-state index contributed by atoms with van der Waals surface area (Å²) in [6.07, 6.45) is 1.99. The molecule has 0 bridgehead atoms. The van der Waals surface area contributed by atoms with Gasteiger partial charge in [-0.1, -0.05) is 12.1 Å². The molecule has 2 heterocycles. The number of benzene rings is 2. The molecule has 0 fully saturated rings. The molecule has 0 aliphatic heterocycles. The van der Waals surface area contributed by atoms with Crippen molar-refractivity contribution in [3.63, 3.8) is 0 Å². The standard InChI is InChI=1S/C23H16F4N6O2/c24-17-4-6-19(20(25)9-17)22(34,13-33-14-30-31-32-33)23(26,27)21-7-5-18(11-29-21)35-12-16-3-1-2-15(8-16)10-28/h1-9,11,14,34H,12-13H2. The van der Waals surface area contributed by atoms with Crippen molar-refractivity contribution in [3.05, 3.63) is 101 Å². The Bertz CT molecular complexity index is 1360. The van der Waals surface area contributed by atoms with Crippen molar-refractivity contribution in [2.75, 3.05) is 0 Å². The fourth-order valence-electron chi connectivity index (χ4n) is 3.43. The Morgan fingerprint density at radius 3 is 2.57 bits per heavy atom. The maximum absolute atomic E-state index is 15.7. The largest absolute Gasteiger partial charge is 0.487 e. The van der Waals surface area contributed by atoms with Gasteiger partial charge in [-0.2, -0.15) is 14.0 Å². The smallest absolute Gasteiger partial charge is 0.323 e. The van der Waals surface area contributed by atoms with Crippen LogP contribution < -0.4 is 4.74 Å². The van der Waals surface area contributed by atoms with Crippen molar-refractivity contribution in [2.45, 2.75) is 24.7 Å². The van der Waals surface area contributed by atoms with E-state index >= 15 is 8.78 Å². The predicted molar refractivity (Wildman–Crippen MR) is 112 cm³/mol. The van der Waals surface area contributed by atoms with Crippen molar-refractivity contribution in [1.82, 2.24) is 25.2 Å². The number of aromatic nitrogens is 5. The van der Waals surface area contributed by atoms with E-state index in [4.69, 9.17) is 10.00 Å². The Balaban J connectivity index is 1.63. The number of halogens is 4. The van der Waals surface area contributed by atoms with E-state index in [-0.39, 0.29) is 12.4 Å². The zero-order valence-corrected chi connectivity index (χ0v) is 17.8. The highest BCUT2D eigenvalue weighted by Crippen LogP contribution is 2.46. The van der Waals surface area contributed by atoms with E-state index in [0.29, 0.717) is 17.2 Å². The van der Waals surface area contributed by atoms with E-state index in [2.05, 4.69) is 20.5 Å². The Morgan fingerprint density at radius 1 is 1.09 bits per heavy atom. The van der Waals surface area contributed by atoms with Gasteiger partial charge in [-0.05, 0) is 52.4 Å². The number of nitrogens with zero attached hydrogens (tertiary/aromatic N) is 6. The molecule has 1 atom stereocenters. The summed E-state index contributed by atoms with van der Waals surface area (Å²) in [5.41, 5.74) is -3.86. The molecule has 0 radical (unpaired) electrons. The number of nitriles is 1. The summed E-state index contributed by atoms with van der Waals surface area (Å²) in [6.45, 7) is -0.901. The summed E-state index contributed by atoms with van der Waals surface area (Å²) < 4.78 is 65.7. The van der Waals surface area contributed by atoms with Crippen LogP contribution in [0.4, 0.5) is 17.6 Å². The minimum absolute atomic E-state index is 0.0525. The summed E-state index contributed by atoms with van der Waals surface area (Å²) in [5.74, 6) is -6.40. The van der Waals surface area contributed by atoms with Crippen LogP contribution in [-0.2, 0) is 24.7 Å². The molecule has 0 aliphatic rings. The maximum Gasteiger partial charge on any atom is 0.323 e. The first-order chi connectivity index (χ1) is 16.7. The van der Waals surface area contributed by atoms with Crippen LogP contribution in [0, 0.1) is 23.0 Å². The topological polar surface area (TPSA) is 110 Å². The van der Waals surface area contributed by atoms with Crippen molar-refractivity contribution in [1.29, 1.82) is 5.26 Å². The summed E-state index contributed by atoms with van der Waals surface area (Å²) in [7, 11) is 0. The second kappa shape index (κ2) is 9.47. The monoisotopic (exact) mass is 484 g/mol. The van der Waals surface area contributed by atoms with E-state index in [9.17, 15) is 13.9 Å². The van der Waals surface area contributed by atoms with Gasteiger partial charge in [0.15, 0.2) is 5.60 Å². The van der Waals surface area contributed by atoms with Gasteiger partial charge >= 0.3 is 5.92 Å². The van der Waals surface area contributed by atoms with Gasteiger partial charge in [0.1, 0.15) is 36.0 Å². The van der Waals surface area contributed by atoms with Gasteiger partial charge in [0.2, 0.25) is 0 Å². The SMILES string of the molecule is N#Cc1cccc(COc2ccc(C(F)(F)C(O)(Cn3cnnn3)c3ccc(F)cc3F)nc2)c1. The number of pyridine rings is 1. The molecule has 0 spiro atoms. The van der Waals surface area contributed by atoms with Crippen molar-refractivity contribution in [3.8, 4) is 11.8 Å². The average molecular weight is 484 g/mol. The third-order valence-corrected chi connectivity index (χ3v) is 5.20. The Hall–Kier alpha value is -4.37. The second-order valence-electron chi connectivity index (χ2n) is 7.55. The molecule has 1 unspecified atom stereocenters. The quantitative estimate of drug-likeness (QED) is 0.382. The van der Waals surface area contributed by atoms with Crippen LogP contribution in [-0.4, -0.2) is 30.3 Å². The lowest BCUT2D eigenvalue weighted by molar-refractivity contribution is -0.207. The highest BCUT2D eigenvalue weighted by atomic mass is 19.3. The number of hydrogen-bond donors (Lipinski definition) is 1. The number of ether oxygens (including phenoxy) is 1. The van der Waals surface area contributed by atoms with E-state index in [0.717, 1.165) is 35.4 Å². The molecule has 2 aromatic heterocycles. The first-order valence-corrected chi connectivity index (χ1v) is 10.1. The third-order valence-electron chi connectivity index (χ3n) is 5.20. The molecule has 1 N–H and O–H groups in total. The molecule has 178 valence electrons. The molecule has 12 heteroatoms. The van der Waals surface area contributed by atoms with E-state index in [1.54, 1.807) is 24.3 Å². The molecule has 4 rings (SSSR count). The van der Waals surface area contributed by atoms with Crippen molar-refractivity contribution in [2.24, 2.45) is 0 Å². The average Bonchev–Trinajstić information content (AvgIpc) is 3.35. The summed E-state index contributed by atoms with van der Waals surface area (Å²) in [5, 5.41) is 30.2. The van der Waals surface area contributed by atoms with E-state index in [1.807, 2.05) is 6.07 Å². The van der Waals surface area contributed by atoms with E-state index in [1.165, 1.54) is 6.07 Å². The van der Waals surface area contributed by atoms with Crippen LogP contribution in [0.3, 0.4) is 0 Å². The van der Waals surface area contributed by atoms with Gasteiger partial charge in [-0.15, -0.1) is 5.10 Å². The summed E-state index contributed by atoms with van der Waals surface area (Å²) in [4.78, 5) is 3.72. The van der Waals surface area contributed by atoms with Crippen LogP contribution in [0.15, 0.2) is 67.1 Å². The Morgan fingerprint density at radius 2 is 1.91 bits per heavy atom. The third kappa shape index (κ3) is 4.80. The zero-order chi connectivity index (χ0) is 25.1. The minimum Gasteiger partial charge on any atom is -0.487 e. The van der Waals surface area contributed by atoms with Gasteiger partial charge in [0.25, 0.3) is 0 Å². The van der Waals surface area contributed by atoms with E-state index < -0.39 is 41.0 Å². The number of alkyl halides is 2. The molecule has 0 saturated carbocycles. The normalized spacial score (nSPS) is 13.1. The molecule has 4 aromatic rings. The summed E-state index contributed by atoms with van der Waals surface area (Å²) >= 11 is 0. The molecule has 8 nitrogen and oxygen atoms in total. The van der Waals surface area contributed by atoms with Gasteiger partial charge < -0.3 is 9.84 Å². The fraction of sp³-hybridized carbons (Fsp3) is 0.174. The zero-order valence-electron chi connectivity index (χ0n) is 17.8. The van der Waals surface area contributed by atoms with Crippen LogP contribution in [0.25, 0.3) is 0 Å². The number of hydrogen-bond acceptors (Lipinski definition) is 7. The highest BCUT2D eigenvalue weighted by Gasteiger charge is 2.58. The Labute approximate surface area is 196 Å². The Kier molecular flexibility index (Phi) is 6.44. The number of aliphatic hydroxyl groups is 1. The van der Waals surface area contributed by atoms with Crippen LogP contribution in [0.5, 0.6) is 5.75 Å². The molecular weight excluding hydrogens is 468 g/mol. The molecule has 0 aliphatic carbocycles. The van der Waals surface area contributed by atoms with Crippen molar-refractivity contribution >= 4 is 0 Å². The second-order valence-corrected chi connectivity index (χ2v) is 7.55. The molecule has 0 amide bonds. The predicted octanol–water partition coefficient (Wildman–Crippen LogP) is 3.48. The van der Waals surface area contributed by atoms with Gasteiger partial charge in [-0.3, -0.25) is 4.98 Å². The lowest BCUT2D eigenvalue weighted by Crippen LogP contribution is -2.48.